The number of fused-ring (bicyclic) bond motifs is 3. The summed E-state index contributed by atoms with van der Waals surface area (Å²) in [7, 11) is 0. The molecular weight excluding hydrogens is 434 g/mol. The van der Waals surface area contributed by atoms with E-state index in [1.165, 1.54) is 26.6 Å². The third kappa shape index (κ3) is 3.34. The third-order valence-electron chi connectivity index (χ3n) is 5.49. The normalized spacial score (nSPS) is 11.3. The van der Waals surface area contributed by atoms with Crippen molar-refractivity contribution >= 4 is 43.1 Å². The second-order valence-corrected chi connectivity index (χ2v) is 8.87. The molecule has 2 heterocycles. The van der Waals surface area contributed by atoms with Crippen LogP contribution in [0, 0.1) is 0 Å². The van der Waals surface area contributed by atoms with E-state index < -0.39 is 0 Å². The molecule has 5 heteroatoms. The van der Waals surface area contributed by atoms with Crippen LogP contribution in [0.25, 0.3) is 54.1 Å². The van der Waals surface area contributed by atoms with Crippen LogP contribution >= 0.6 is 22.9 Å². The molecule has 0 spiro atoms. The highest BCUT2D eigenvalue weighted by Crippen LogP contribution is 2.40. The summed E-state index contributed by atoms with van der Waals surface area (Å²) >= 11 is 8.07. The number of rotatable bonds is 3. The van der Waals surface area contributed by atoms with E-state index in [0.717, 1.165) is 15.8 Å². The van der Waals surface area contributed by atoms with Crippen molar-refractivity contribution in [3.63, 3.8) is 0 Å². The smallest absolute Gasteiger partial charge is 0.208 e. The zero-order chi connectivity index (χ0) is 21.5. The largest absolute Gasteiger partial charge is 0.226 e. The van der Waals surface area contributed by atoms with Gasteiger partial charge in [0.05, 0.1) is 0 Å². The second-order valence-electron chi connectivity index (χ2n) is 7.48. The predicted molar refractivity (Wildman–Crippen MR) is 134 cm³/mol. The molecule has 0 bridgehead atoms. The first kappa shape index (κ1) is 19.1. The Hall–Kier alpha value is -3.60. The SMILES string of the molecule is Clc1nc(-c2ccccc2)nc(-c2cccc3c2sc2cc(-c4ccccc4)ccc23)n1. The first-order valence-corrected chi connectivity index (χ1v) is 11.4. The number of hydrogen-bond donors (Lipinski definition) is 0. The van der Waals surface area contributed by atoms with Gasteiger partial charge in [-0.2, -0.15) is 9.97 Å². The Morgan fingerprint density at radius 2 is 1.28 bits per heavy atom. The number of hydrogen-bond acceptors (Lipinski definition) is 4. The molecule has 3 nitrogen and oxygen atoms in total. The zero-order valence-corrected chi connectivity index (χ0v) is 18.4. The maximum absolute atomic E-state index is 6.31. The van der Waals surface area contributed by atoms with E-state index >= 15 is 0 Å². The maximum Gasteiger partial charge on any atom is 0.226 e. The van der Waals surface area contributed by atoms with Gasteiger partial charge in [0.1, 0.15) is 0 Å². The van der Waals surface area contributed by atoms with E-state index in [2.05, 4.69) is 70.6 Å². The van der Waals surface area contributed by atoms with Crippen molar-refractivity contribution in [1.29, 1.82) is 0 Å². The van der Waals surface area contributed by atoms with Crippen LogP contribution in [0.1, 0.15) is 0 Å². The topological polar surface area (TPSA) is 38.7 Å². The van der Waals surface area contributed by atoms with Crippen LogP contribution in [-0.4, -0.2) is 15.0 Å². The van der Waals surface area contributed by atoms with Crippen LogP contribution < -0.4 is 0 Å². The predicted octanol–water partition coefficient (Wildman–Crippen LogP) is 7.89. The lowest BCUT2D eigenvalue weighted by molar-refractivity contribution is 1.07. The van der Waals surface area contributed by atoms with Gasteiger partial charge in [-0.3, -0.25) is 0 Å². The molecule has 0 aliphatic heterocycles. The molecule has 0 aliphatic carbocycles. The molecule has 4 aromatic carbocycles. The lowest BCUT2D eigenvalue weighted by Crippen LogP contribution is -1.97. The summed E-state index contributed by atoms with van der Waals surface area (Å²) in [6.45, 7) is 0. The first-order chi connectivity index (χ1) is 15.8. The van der Waals surface area contributed by atoms with Crippen molar-refractivity contribution in [2.75, 3.05) is 0 Å². The van der Waals surface area contributed by atoms with Crippen molar-refractivity contribution in [3.8, 4) is 33.9 Å². The first-order valence-electron chi connectivity index (χ1n) is 10.2. The second kappa shape index (κ2) is 7.83. The number of thiophene rings is 1. The molecule has 0 radical (unpaired) electrons. The summed E-state index contributed by atoms with van der Waals surface area (Å²) in [5.41, 5.74) is 4.30. The summed E-state index contributed by atoms with van der Waals surface area (Å²) in [4.78, 5) is 13.6. The van der Waals surface area contributed by atoms with E-state index in [1.807, 2.05) is 36.4 Å². The van der Waals surface area contributed by atoms with Gasteiger partial charge in [-0.05, 0) is 34.9 Å². The fourth-order valence-electron chi connectivity index (χ4n) is 3.97. The van der Waals surface area contributed by atoms with Gasteiger partial charge in [0.25, 0.3) is 0 Å². The fraction of sp³-hybridized carbons (Fsp3) is 0. The molecule has 0 fully saturated rings. The summed E-state index contributed by atoms with van der Waals surface area (Å²) in [5, 5.41) is 2.62. The number of nitrogens with zero attached hydrogens (tertiary/aromatic N) is 3. The molecular formula is C27H16ClN3S. The molecule has 6 rings (SSSR count). The summed E-state index contributed by atoms with van der Waals surface area (Å²) in [5.74, 6) is 1.16. The molecule has 2 aromatic heterocycles. The highest BCUT2D eigenvalue weighted by Gasteiger charge is 2.15. The van der Waals surface area contributed by atoms with Crippen molar-refractivity contribution in [1.82, 2.24) is 15.0 Å². The van der Waals surface area contributed by atoms with Gasteiger partial charge in [0, 0.05) is 31.3 Å². The van der Waals surface area contributed by atoms with E-state index in [9.17, 15) is 0 Å². The van der Waals surface area contributed by atoms with Crippen LogP contribution in [0.5, 0.6) is 0 Å². The highest BCUT2D eigenvalue weighted by molar-refractivity contribution is 7.26. The van der Waals surface area contributed by atoms with E-state index in [1.54, 1.807) is 11.3 Å². The lowest BCUT2D eigenvalue weighted by atomic mass is 10.0. The zero-order valence-electron chi connectivity index (χ0n) is 16.9. The minimum absolute atomic E-state index is 0.193. The van der Waals surface area contributed by atoms with E-state index in [-0.39, 0.29) is 5.28 Å². The van der Waals surface area contributed by atoms with Gasteiger partial charge in [0.2, 0.25) is 5.28 Å². The third-order valence-corrected chi connectivity index (χ3v) is 6.86. The molecule has 152 valence electrons. The minimum Gasteiger partial charge on any atom is -0.208 e. The fourth-order valence-corrected chi connectivity index (χ4v) is 5.38. The molecule has 6 aromatic rings. The van der Waals surface area contributed by atoms with Gasteiger partial charge < -0.3 is 0 Å². The number of benzene rings is 4. The molecule has 0 N–H and O–H groups in total. The molecule has 0 amide bonds. The van der Waals surface area contributed by atoms with Gasteiger partial charge in [-0.15, -0.1) is 11.3 Å². The molecule has 0 aliphatic rings. The van der Waals surface area contributed by atoms with Crippen molar-refractivity contribution < 1.29 is 0 Å². The van der Waals surface area contributed by atoms with Crippen LogP contribution in [-0.2, 0) is 0 Å². The number of aromatic nitrogens is 3. The Kier molecular flexibility index (Phi) is 4.67. The van der Waals surface area contributed by atoms with E-state index in [0.29, 0.717) is 11.6 Å². The molecule has 0 unspecified atom stereocenters. The summed E-state index contributed by atoms with van der Waals surface area (Å²) in [6.07, 6.45) is 0. The monoisotopic (exact) mass is 449 g/mol. The van der Waals surface area contributed by atoms with Crippen molar-refractivity contribution in [2.45, 2.75) is 0 Å². The standard InChI is InChI=1S/C27H16ClN3S/c28-27-30-25(18-10-5-2-6-11-18)29-26(31-27)22-13-7-12-21-20-15-14-19(16-23(20)32-24(21)22)17-8-3-1-4-9-17/h1-16H. The van der Waals surface area contributed by atoms with Crippen molar-refractivity contribution in [2.24, 2.45) is 0 Å². The van der Waals surface area contributed by atoms with E-state index in [4.69, 9.17) is 16.6 Å². The van der Waals surface area contributed by atoms with Crippen LogP contribution in [0.4, 0.5) is 0 Å². The Morgan fingerprint density at radius 3 is 2.06 bits per heavy atom. The average molecular weight is 450 g/mol. The summed E-state index contributed by atoms with van der Waals surface area (Å²) < 4.78 is 2.38. The highest BCUT2D eigenvalue weighted by atomic mass is 35.5. The van der Waals surface area contributed by atoms with Crippen LogP contribution in [0.3, 0.4) is 0 Å². The molecule has 32 heavy (non-hydrogen) atoms. The van der Waals surface area contributed by atoms with Gasteiger partial charge in [0.15, 0.2) is 11.6 Å². The average Bonchev–Trinajstić information content (AvgIpc) is 3.23. The van der Waals surface area contributed by atoms with Gasteiger partial charge in [-0.25, -0.2) is 4.98 Å². The van der Waals surface area contributed by atoms with Crippen LogP contribution in [0.2, 0.25) is 5.28 Å². The Bertz CT molecular complexity index is 1580. The Morgan fingerprint density at radius 1 is 0.562 bits per heavy atom. The van der Waals surface area contributed by atoms with Crippen LogP contribution in [0.15, 0.2) is 97.1 Å². The lowest BCUT2D eigenvalue weighted by Gasteiger charge is -2.06. The Labute approximate surface area is 194 Å². The molecule has 0 saturated heterocycles. The maximum atomic E-state index is 6.31. The molecule has 0 saturated carbocycles. The van der Waals surface area contributed by atoms with Crippen molar-refractivity contribution in [3.05, 3.63) is 102 Å². The van der Waals surface area contributed by atoms with Gasteiger partial charge in [-0.1, -0.05) is 84.9 Å². The molecule has 0 atom stereocenters. The Balaban J connectivity index is 1.54. The quantitative estimate of drug-likeness (QED) is 0.275. The number of halogens is 1. The van der Waals surface area contributed by atoms with Gasteiger partial charge >= 0.3 is 0 Å². The minimum atomic E-state index is 0.193. The summed E-state index contributed by atoms with van der Waals surface area (Å²) in [6, 6.07) is 33.2.